The van der Waals surface area contributed by atoms with Crippen molar-refractivity contribution < 1.29 is 34.8 Å². The van der Waals surface area contributed by atoms with Crippen molar-refractivity contribution >= 4 is 11.8 Å². The van der Waals surface area contributed by atoms with Crippen LogP contribution in [0.2, 0.25) is 0 Å². The highest BCUT2D eigenvalue weighted by Crippen LogP contribution is 2.24. The molecule has 36 heavy (non-hydrogen) atoms. The molecule has 1 rings (SSSR count). The monoisotopic (exact) mass is 506 g/mol. The Hall–Kier alpha value is -2.06. The molecule has 0 aromatic carbocycles. The van der Waals surface area contributed by atoms with Gasteiger partial charge in [-0.2, -0.15) is 0 Å². The van der Waals surface area contributed by atoms with Crippen LogP contribution in [0.3, 0.4) is 0 Å². The molecule has 8 atom stereocenters. The smallest absolute Gasteiger partial charge is 0.330 e. The average molecular weight is 507 g/mol. The van der Waals surface area contributed by atoms with E-state index in [0.717, 1.165) is 0 Å². The number of rotatable bonds is 3. The van der Waals surface area contributed by atoms with Crippen molar-refractivity contribution in [2.24, 2.45) is 17.8 Å². The molecule has 4 N–H and O–H groups in total. The highest BCUT2D eigenvalue weighted by atomic mass is 16.5. The minimum Gasteiger partial charge on any atom is -0.459 e. The number of hydrogen-bond acceptors (Lipinski definition) is 7. The Morgan fingerprint density at radius 3 is 2.33 bits per heavy atom. The number of allylic oxidation sites excluding steroid dienone is 1. The SMILES string of the molecule is C/C1=C/C(=O)[C@](C)(O)/C=C/C[C@H](C)[C@@H](C[C@H](C)[C@H](C)O)OC(=O)/C=C(/C)[C@@H](C)[C@@H](O)/C=C/C[C@H](O)C1. The van der Waals surface area contributed by atoms with Crippen molar-refractivity contribution in [1.82, 2.24) is 0 Å². The second-order valence-electron chi connectivity index (χ2n) is 10.7. The minimum absolute atomic E-state index is 0.108. The quantitative estimate of drug-likeness (QED) is 0.339. The Morgan fingerprint density at radius 2 is 1.72 bits per heavy atom. The number of aliphatic hydroxyl groups is 4. The molecule has 0 radical (unpaired) electrons. The molecular formula is C29H46O7. The summed E-state index contributed by atoms with van der Waals surface area (Å²) in [6, 6.07) is 0. The van der Waals surface area contributed by atoms with Gasteiger partial charge in [0.1, 0.15) is 11.7 Å². The number of esters is 1. The van der Waals surface area contributed by atoms with E-state index in [1.165, 1.54) is 25.2 Å². The first-order valence-corrected chi connectivity index (χ1v) is 12.8. The first-order chi connectivity index (χ1) is 16.6. The lowest BCUT2D eigenvalue weighted by Gasteiger charge is -2.27. The molecule has 0 saturated carbocycles. The van der Waals surface area contributed by atoms with E-state index < -0.39 is 41.8 Å². The van der Waals surface area contributed by atoms with Crippen LogP contribution < -0.4 is 0 Å². The van der Waals surface area contributed by atoms with Crippen LogP contribution in [0.25, 0.3) is 0 Å². The maximum Gasteiger partial charge on any atom is 0.330 e. The second-order valence-corrected chi connectivity index (χ2v) is 10.7. The standard InChI is InChI=1S/C29H46O7/c1-18-14-24(31)11-8-12-25(32)22(5)20(3)17-28(34)36-26(16-21(4)23(6)30)19(2)10-9-13-29(7,35)27(33)15-18/h8-9,12-13,15,17,19,21-26,30-32,35H,10-11,14,16H2,1-7H3/b12-8+,13-9+,18-15-,20-17-/t19-,21-,22+,23-,24-,25-,26+,29+/m0/s1. The third kappa shape index (κ3) is 10.9. The molecule has 7 nitrogen and oxygen atoms in total. The maximum absolute atomic E-state index is 12.7. The fraction of sp³-hybridized carbons (Fsp3) is 0.655. The Bertz CT molecular complexity index is 850. The summed E-state index contributed by atoms with van der Waals surface area (Å²) in [5, 5.41) is 41.5. The summed E-state index contributed by atoms with van der Waals surface area (Å²) >= 11 is 0. The number of ketones is 1. The van der Waals surface area contributed by atoms with Gasteiger partial charge in [0.05, 0.1) is 18.3 Å². The minimum atomic E-state index is -1.72. The van der Waals surface area contributed by atoms with Gasteiger partial charge < -0.3 is 25.2 Å². The lowest BCUT2D eigenvalue weighted by molar-refractivity contribution is -0.147. The van der Waals surface area contributed by atoms with Gasteiger partial charge in [0.15, 0.2) is 5.78 Å². The molecule has 0 unspecified atom stereocenters. The molecule has 204 valence electrons. The predicted molar refractivity (Wildman–Crippen MR) is 141 cm³/mol. The van der Waals surface area contributed by atoms with Crippen molar-refractivity contribution in [3.63, 3.8) is 0 Å². The van der Waals surface area contributed by atoms with E-state index in [1.807, 2.05) is 13.8 Å². The number of ether oxygens (including phenoxy) is 1. The van der Waals surface area contributed by atoms with Gasteiger partial charge in [-0.05, 0) is 77.4 Å². The van der Waals surface area contributed by atoms with E-state index in [2.05, 4.69) is 0 Å². The molecule has 1 aliphatic rings. The van der Waals surface area contributed by atoms with Gasteiger partial charge in [0.25, 0.3) is 0 Å². The van der Waals surface area contributed by atoms with Gasteiger partial charge in [-0.1, -0.05) is 50.1 Å². The molecule has 1 heterocycles. The van der Waals surface area contributed by atoms with Gasteiger partial charge in [0.2, 0.25) is 0 Å². The third-order valence-corrected chi connectivity index (χ3v) is 7.03. The largest absolute Gasteiger partial charge is 0.459 e. The molecule has 0 fully saturated rings. The topological polar surface area (TPSA) is 124 Å². The highest BCUT2D eigenvalue weighted by molar-refractivity contribution is 5.98. The van der Waals surface area contributed by atoms with Crippen LogP contribution in [0, 0.1) is 17.8 Å². The normalized spacial score (nSPS) is 38.5. The van der Waals surface area contributed by atoms with E-state index in [4.69, 9.17) is 4.74 Å². The van der Waals surface area contributed by atoms with Gasteiger partial charge in [-0.15, -0.1) is 0 Å². The summed E-state index contributed by atoms with van der Waals surface area (Å²) in [4.78, 5) is 25.4. The second kappa shape index (κ2) is 14.6. The van der Waals surface area contributed by atoms with Crippen molar-refractivity contribution in [3.8, 4) is 0 Å². The first-order valence-electron chi connectivity index (χ1n) is 12.8. The van der Waals surface area contributed by atoms with Crippen LogP contribution in [0.15, 0.2) is 47.6 Å². The molecule has 1 aliphatic heterocycles. The Kier molecular flexibility index (Phi) is 13.0. The number of carbonyl (C=O) groups is 2. The van der Waals surface area contributed by atoms with Crippen molar-refractivity contribution in [3.05, 3.63) is 47.6 Å². The van der Waals surface area contributed by atoms with Crippen LogP contribution in [0.1, 0.15) is 74.1 Å². The Labute approximate surface area is 216 Å². The number of carbonyl (C=O) groups excluding carboxylic acids is 2. The van der Waals surface area contributed by atoms with Gasteiger partial charge in [-0.3, -0.25) is 4.79 Å². The van der Waals surface area contributed by atoms with Gasteiger partial charge in [0, 0.05) is 12.0 Å². The van der Waals surface area contributed by atoms with Crippen LogP contribution >= 0.6 is 0 Å². The van der Waals surface area contributed by atoms with Crippen LogP contribution in [-0.2, 0) is 14.3 Å². The van der Waals surface area contributed by atoms with E-state index >= 15 is 0 Å². The van der Waals surface area contributed by atoms with Crippen LogP contribution in [-0.4, -0.2) is 62.2 Å². The fourth-order valence-electron chi connectivity index (χ4n) is 3.90. The number of hydrogen-bond donors (Lipinski definition) is 4. The highest BCUT2D eigenvalue weighted by Gasteiger charge is 2.28. The zero-order chi connectivity index (χ0) is 27.6. The Balaban J connectivity index is 3.30. The summed E-state index contributed by atoms with van der Waals surface area (Å²) in [5.41, 5.74) is -0.411. The van der Waals surface area contributed by atoms with E-state index in [0.29, 0.717) is 24.0 Å². The summed E-state index contributed by atoms with van der Waals surface area (Å²) in [6.45, 7) is 12.2. The third-order valence-electron chi connectivity index (χ3n) is 7.03. The number of aliphatic hydroxyl groups excluding tert-OH is 3. The van der Waals surface area contributed by atoms with Crippen molar-refractivity contribution in [2.75, 3.05) is 0 Å². The number of cyclic esters (lactones) is 1. The van der Waals surface area contributed by atoms with Gasteiger partial charge in [-0.25, -0.2) is 4.79 Å². The zero-order valence-electron chi connectivity index (χ0n) is 22.8. The molecular weight excluding hydrogens is 460 g/mol. The van der Waals surface area contributed by atoms with Crippen molar-refractivity contribution in [1.29, 1.82) is 0 Å². The summed E-state index contributed by atoms with van der Waals surface area (Å²) in [7, 11) is 0. The van der Waals surface area contributed by atoms with Crippen molar-refractivity contribution in [2.45, 2.75) is 104 Å². The molecule has 0 aromatic heterocycles. The summed E-state index contributed by atoms with van der Waals surface area (Å²) in [6.07, 6.45) is 7.92. The first kappa shape index (κ1) is 32.0. The molecule has 0 saturated heterocycles. The fourth-order valence-corrected chi connectivity index (χ4v) is 3.90. The molecule has 0 bridgehead atoms. The molecule has 0 aromatic rings. The molecule has 0 amide bonds. The van der Waals surface area contributed by atoms with E-state index in [1.54, 1.807) is 45.9 Å². The van der Waals surface area contributed by atoms with E-state index in [9.17, 15) is 30.0 Å². The van der Waals surface area contributed by atoms with E-state index in [-0.39, 0.29) is 30.6 Å². The average Bonchev–Trinajstić information content (AvgIpc) is 2.76. The molecule has 0 aliphatic carbocycles. The summed E-state index contributed by atoms with van der Waals surface area (Å²) in [5.74, 6) is -1.61. The van der Waals surface area contributed by atoms with Crippen LogP contribution in [0.5, 0.6) is 0 Å². The lowest BCUT2D eigenvalue weighted by atomic mass is 9.89. The molecule has 7 heteroatoms. The summed E-state index contributed by atoms with van der Waals surface area (Å²) < 4.78 is 5.79. The zero-order valence-corrected chi connectivity index (χ0v) is 22.8. The maximum atomic E-state index is 12.7. The predicted octanol–water partition coefficient (Wildman–Crippen LogP) is 3.81. The van der Waals surface area contributed by atoms with Gasteiger partial charge >= 0.3 is 5.97 Å². The molecule has 0 spiro atoms. The van der Waals surface area contributed by atoms with Crippen LogP contribution in [0.4, 0.5) is 0 Å². The Morgan fingerprint density at radius 1 is 1.08 bits per heavy atom. The lowest BCUT2D eigenvalue weighted by Crippen LogP contribution is -2.32.